The van der Waals surface area contributed by atoms with Gasteiger partial charge in [0, 0.05) is 0 Å². The third kappa shape index (κ3) is 2.78. The summed E-state index contributed by atoms with van der Waals surface area (Å²) in [5, 5.41) is 10.9. The van der Waals surface area contributed by atoms with Gasteiger partial charge in [-0.2, -0.15) is 0 Å². The fraction of sp³-hybridized carbons (Fsp3) is 0.769. The van der Waals surface area contributed by atoms with E-state index in [4.69, 9.17) is 0 Å². The second-order valence-corrected chi connectivity index (χ2v) is 14.0. The summed E-state index contributed by atoms with van der Waals surface area (Å²) in [5.41, 5.74) is 0.953. The molecule has 31 heavy (non-hydrogen) atoms. The predicted octanol–water partition coefficient (Wildman–Crippen LogP) is 5.23. The van der Waals surface area contributed by atoms with Crippen LogP contribution in [0.3, 0.4) is 0 Å². The Labute approximate surface area is 185 Å². The molecule has 0 saturated heterocycles. The molecule has 0 spiro atoms. The molecule has 0 unspecified atom stereocenters. The molecule has 168 valence electrons. The first-order valence-electron chi connectivity index (χ1n) is 12.6. The molecule has 9 rings (SSSR count). The number of aromatic hydroxyl groups is 1. The van der Waals surface area contributed by atoms with Gasteiger partial charge in [0.2, 0.25) is 0 Å². The highest BCUT2D eigenvalue weighted by Gasteiger charge is 2.56. The molecular weight excluding hydrogens is 408 g/mol. The van der Waals surface area contributed by atoms with Gasteiger partial charge in [0.25, 0.3) is 0 Å². The Morgan fingerprint density at radius 2 is 0.968 bits per heavy atom. The van der Waals surface area contributed by atoms with Crippen LogP contribution in [0.4, 0.5) is 0 Å². The standard InChI is InChI=1S/C26H34O4S/c27-21-7-22(25-9-15-1-16(10-25)3-17(2-15)11-25)24(31(28,29)30)23(8-21)26-12-18-4-19(13-26)6-20(5-18)14-26/h7-8,15-20,27H,1-6,9-14H2,(H,28,29,30)/p-1. The van der Waals surface area contributed by atoms with Gasteiger partial charge >= 0.3 is 0 Å². The number of phenols is 1. The van der Waals surface area contributed by atoms with Crippen molar-refractivity contribution in [3.05, 3.63) is 23.3 Å². The Hall–Kier alpha value is -1.07. The summed E-state index contributed by atoms with van der Waals surface area (Å²) in [5.74, 6) is 4.08. The van der Waals surface area contributed by atoms with E-state index in [9.17, 15) is 18.1 Å². The van der Waals surface area contributed by atoms with Crippen LogP contribution in [0.1, 0.15) is 88.2 Å². The first-order valence-corrected chi connectivity index (χ1v) is 14.0. The topological polar surface area (TPSA) is 77.4 Å². The van der Waals surface area contributed by atoms with E-state index in [1.165, 1.54) is 38.5 Å². The lowest BCUT2D eigenvalue weighted by atomic mass is 9.46. The van der Waals surface area contributed by atoms with Gasteiger partial charge in [-0.15, -0.1) is 0 Å². The van der Waals surface area contributed by atoms with Gasteiger partial charge in [-0.1, -0.05) is 0 Å². The monoisotopic (exact) mass is 441 g/mol. The quantitative estimate of drug-likeness (QED) is 0.652. The van der Waals surface area contributed by atoms with Gasteiger partial charge in [-0.05, 0) is 147 Å². The normalized spacial score (nSPS) is 47.3. The van der Waals surface area contributed by atoms with Crippen LogP contribution in [0.2, 0.25) is 0 Å². The molecule has 4 nitrogen and oxygen atoms in total. The van der Waals surface area contributed by atoms with Crippen LogP contribution in [-0.4, -0.2) is 18.1 Å². The van der Waals surface area contributed by atoms with E-state index >= 15 is 0 Å². The Morgan fingerprint density at radius 1 is 0.677 bits per heavy atom. The summed E-state index contributed by atoms with van der Waals surface area (Å²) in [6, 6.07) is 3.36. The SMILES string of the molecule is O=S(=O)([O-])c1c(C23CC4CC(CC(C4)C2)C3)cc(O)cc1C12CC3CC(CC(C3)C1)C2. The molecule has 1 aromatic carbocycles. The van der Waals surface area contributed by atoms with Gasteiger partial charge < -0.3 is 9.66 Å². The highest BCUT2D eigenvalue weighted by Crippen LogP contribution is 2.65. The lowest BCUT2D eigenvalue weighted by Crippen LogP contribution is -2.51. The van der Waals surface area contributed by atoms with Crippen molar-refractivity contribution < 1.29 is 18.1 Å². The lowest BCUT2D eigenvalue weighted by Gasteiger charge is -2.59. The van der Waals surface area contributed by atoms with Crippen LogP contribution in [0.5, 0.6) is 5.75 Å². The van der Waals surface area contributed by atoms with Crippen LogP contribution in [0, 0.1) is 35.5 Å². The first-order chi connectivity index (χ1) is 14.7. The maximum Gasteiger partial charge on any atom is 0.125 e. The summed E-state index contributed by atoms with van der Waals surface area (Å²) in [6.07, 6.45) is 13.5. The van der Waals surface area contributed by atoms with Crippen molar-refractivity contribution in [1.82, 2.24) is 0 Å². The molecule has 8 aliphatic carbocycles. The highest BCUT2D eigenvalue weighted by atomic mass is 32.2. The number of benzene rings is 1. The molecule has 1 N–H and O–H groups in total. The van der Waals surface area contributed by atoms with Crippen molar-refractivity contribution in [1.29, 1.82) is 0 Å². The first kappa shape index (κ1) is 19.4. The summed E-state index contributed by atoms with van der Waals surface area (Å²) in [4.78, 5) is 0.0919. The molecule has 0 aromatic heterocycles. The maximum absolute atomic E-state index is 12.9. The van der Waals surface area contributed by atoms with E-state index in [0.717, 1.165) is 38.5 Å². The van der Waals surface area contributed by atoms with Crippen LogP contribution in [0.15, 0.2) is 17.0 Å². The smallest absolute Gasteiger partial charge is 0.125 e. The minimum atomic E-state index is -4.63. The zero-order valence-corrected chi connectivity index (χ0v) is 19.0. The molecule has 0 atom stereocenters. The summed E-state index contributed by atoms with van der Waals surface area (Å²) < 4.78 is 38.8. The molecule has 1 aromatic rings. The predicted molar refractivity (Wildman–Crippen MR) is 116 cm³/mol. The van der Waals surface area contributed by atoms with E-state index in [1.54, 1.807) is 12.1 Å². The number of hydrogen-bond donors (Lipinski definition) is 1. The third-order valence-corrected chi connectivity index (χ3v) is 11.5. The largest absolute Gasteiger partial charge is 0.744 e. The number of rotatable bonds is 3. The minimum Gasteiger partial charge on any atom is -0.744 e. The van der Waals surface area contributed by atoms with Crippen molar-refractivity contribution in [2.75, 3.05) is 0 Å². The molecule has 0 radical (unpaired) electrons. The van der Waals surface area contributed by atoms with E-state index in [-0.39, 0.29) is 21.5 Å². The molecule has 8 fully saturated rings. The van der Waals surface area contributed by atoms with E-state index in [0.29, 0.717) is 46.6 Å². The fourth-order valence-electron chi connectivity index (χ4n) is 10.6. The average molecular weight is 442 g/mol. The van der Waals surface area contributed by atoms with Crippen LogP contribution in [-0.2, 0) is 20.9 Å². The van der Waals surface area contributed by atoms with E-state index in [1.807, 2.05) is 0 Å². The van der Waals surface area contributed by atoms with Gasteiger partial charge in [-0.25, -0.2) is 8.42 Å². The zero-order valence-electron chi connectivity index (χ0n) is 18.2. The molecular formula is C26H33O4S-. The summed E-state index contributed by atoms with van der Waals surface area (Å²) in [6.45, 7) is 0. The van der Waals surface area contributed by atoms with Gasteiger partial charge in [0.1, 0.15) is 15.9 Å². The van der Waals surface area contributed by atoms with Crippen molar-refractivity contribution >= 4 is 10.1 Å². The van der Waals surface area contributed by atoms with Crippen LogP contribution < -0.4 is 0 Å². The molecule has 0 aliphatic heterocycles. The Balaban J connectivity index is 1.45. The summed E-state index contributed by atoms with van der Waals surface area (Å²) >= 11 is 0. The van der Waals surface area contributed by atoms with Gasteiger partial charge in [0.15, 0.2) is 0 Å². The van der Waals surface area contributed by atoms with Gasteiger partial charge in [-0.3, -0.25) is 0 Å². The molecule has 0 amide bonds. The molecule has 0 heterocycles. The van der Waals surface area contributed by atoms with Crippen molar-refractivity contribution in [3.63, 3.8) is 0 Å². The molecule has 5 heteroatoms. The average Bonchev–Trinajstić information content (AvgIpc) is 2.64. The lowest BCUT2D eigenvalue weighted by molar-refractivity contribution is -0.0113. The Morgan fingerprint density at radius 3 is 1.23 bits per heavy atom. The van der Waals surface area contributed by atoms with E-state index < -0.39 is 10.1 Å². The highest BCUT2D eigenvalue weighted by molar-refractivity contribution is 7.85. The second-order valence-electron chi connectivity index (χ2n) is 12.7. The van der Waals surface area contributed by atoms with Crippen molar-refractivity contribution in [2.45, 2.75) is 92.8 Å². The maximum atomic E-state index is 12.9. The summed E-state index contributed by atoms with van der Waals surface area (Å²) in [7, 11) is -4.63. The van der Waals surface area contributed by atoms with Crippen molar-refractivity contribution in [3.8, 4) is 5.75 Å². The Bertz CT molecular complexity index is 920. The van der Waals surface area contributed by atoms with Crippen LogP contribution >= 0.6 is 0 Å². The molecule has 8 saturated carbocycles. The minimum absolute atomic E-state index is 0.0919. The number of hydrogen-bond acceptors (Lipinski definition) is 4. The second kappa shape index (κ2) is 6.08. The zero-order chi connectivity index (χ0) is 21.2. The van der Waals surface area contributed by atoms with Crippen molar-refractivity contribution in [2.24, 2.45) is 35.5 Å². The fourth-order valence-corrected chi connectivity index (χ4v) is 11.6. The molecule has 8 bridgehead atoms. The molecule has 8 aliphatic rings. The Kier molecular flexibility index (Phi) is 3.81. The van der Waals surface area contributed by atoms with Gasteiger partial charge in [0.05, 0.1) is 4.90 Å². The number of phenolic OH excluding ortho intramolecular Hbond substituents is 1. The van der Waals surface area contributed by atoms with Crippen LogP contribution in [0.25, 0.3) is 0 Å². The third-order valence-electron chi connectivity index (χ3n) is 10.5. The van der Waals surface area contributed by atoms with E-state index in [2.05, 4.69) is 0 Å².